The van der Waals surface area contributed by atoms with Gasteiger partial charge >= 0.3 is 0 Å². The van der Waals surface area contributed by atoms with Crippen LogP contribution in [0.15, 0.2) is 18.2 Å². The van der Waals surface area contributed by atoms with Crippen LogP contribution in [0.1, 0.15) is 37.1 Å². The molecular formula is C14H22N4O. The fourth-order valence-corrected chi connectivity index (χ4v) is 3.33. The molecule has 8 N–H and O–H groups in total. The van der Waals surface area contributed by atoms with Gasteiger partial charge in [0.25, 0.3) is 0 Å². The van der Waals surface area contributed by atoms with Gasteiger partial charge in [0, 0.05) is 28.6 Å². The standard InChI is InChI=1S/C14H22N4O/c1-6-12(19-6)11-10(14(11,2)18)7-3-4-9(15)8(5-7)13(16)17/h3-6,10-13H,15-18H2,1-2H3/t6-,10+,11?,12-,14?/m1/s1. The summed E-state index contributed by atoms with van der Waals surface area (Å²) in [5.41, 5.74) is 26.1. The fraction of sp³-hybridized carbons (Fsp3) is 0.571. The van der Waals surface area contributed by atoms with Crippen LogP contribution < -0.4 is 22.9 Å². The molecule has 1 heterocycles. The van der Waals surface area contributed by atoms with Crippen molar-refractivity contribution < 1.29 is 4.74 Å². The Bertz CT molecular complexity index is 514. The molecule has 1 saturated carbocycles. The van der Waals surface area contributed by atoms with Gasteiger partial charge in [-0.05, 0) is 25.5 Å². The Morgan fingerprint density at radius 3 is 2.47 bits per heavy atom. The van der Waals surface area contributed by atoms with E-state index in [0.29, 0.717) is 23.6 Å². The summed E-state index contributed by atoms with van der Waals surface area (Å²) in [6, 6.07) is 5.87. The van der Waals surface area contributed by atoms with Crippen LogP contribution in [0.4, 0.5) is 5.69 Å². The van der Waals surface area contributed by atoms with Crippen molar-refractivity contribution in [1.82, 2.24) is 0 Å². The van der Waals surface area contributed by atoms with Gasteiger partial charge in [0.2, 0.25) is 0 Å². The smallest absolute Gasteiger partial charge is 0.0891 e. The van der Waals surface area contributed by atoms with E-state index in [2.05, 4.69) is 13.8 Å². The topological polar surface area (TPSA) is 117 Å². The molecular weight excluding hydrogens is 240 g/mol. The van der Waals surface area contributed by atoms with Crippen molar-refractivity contribution in [2.45, 2.75) is 43.7 Å². The van der Waals surface area contributed by atoms with Crippen molar-refractivity contribution >= 4 is 5.69 Å². The van der Waals surface area contributed by atoms with Crippen LogP contribution in [0.2, 0.25) is 0 Å². The third-order valence-corrected chi connectivity index (χ3v) is 4.58. The summed E-state index contributed by atoms with van der Waals surface area (Å²) in [7, 11) is 0. The van der Waals surface area contributed by atoms with E-state index in [9.17, 15) is 0 Å². The first-order valence-electron chi connectivity index (χ1n) is 6.69. The van der Waals surface area contributed by atoms with Gasteiger partial charge in [-0.15, -0.1) is 0 Å². The van der Waals surface area contributed by atoms with Crippen LogP contribution in [-0.4, -0.2) is 17.7 Å². The van der Waals surface area contributed by atoms with E-state index < -0.39 is 6.17 Å². The van der Waals surface area contributed by atoms with Gasteiger partial charge in [0.1, 0.15) is 0 Å². The van der Waals surface area contributed by atoms with Crippen LogP contribution in [0.3, 0.4) is 0 Å². The average Bonchev–Trinajstić information content (AvgIpc) is 3.15. The van der Waals surface area contributed by atoms with Gasteiger partial charge in [0.15, 0.2) is 0 Å². The molecule has 1 aromatic carbocycles. The highest BCUT2D eigenvalue weighted by atomic mass is 16.6. The number of benzene rings is 1. The maximum atomic E-state index is 6.38. The van der Waals surface area contributed by atoms with Gasteiger partial charge in [-0.1, -0.05) is 12.1 Å². The van der Waals surface area contributed by atoms with Gasteiger partial charge < -0.3 is 27.7 Å². The molecule has 5 heteroatoms. The lowest BCUT2D eigenvalue weighted by atomic mass is 10.0. The molecule has 1 aliphatic carbocycles. The Balaban J connectivity index is 1.89. The second-order valence-electron chi connectivity index (χ2n) is 6.09. The van der Waals surface area contributed by atoms with Gasteiger partial charge in [0.05, 0.1) is 18.4 Å². The first-order valence-corrected chi connectivity index (χ1v) is 6.69. The minimum atomic E-state index is -0.558. The fourth-order valence-electron chi connectivity index (χ4n) is 3.33. The molecule has 5 nitrogen and oxygen atoms in total. The maximum Gasteiger partial charge on any atom is 0.0891 e. The Morgan fingerprint density at radius 1 is 1.32 bits per heavy atom. The number of nitrogens with two attached hydrogens (primary N) is 4. The van der Waals surface area contributed by atoms with Crippen LogP contribution in [0, 0.1) is 5.92 Å². The normalized spacial score (nSPS) is 40.5. The predicted octanol–water partition coefficient (Wildman–Crippen LogP) is 0.403. The van der Waals surface area contributed by atoms with Crippen molar-refractivity contribution in [3.63, 3.8) is 0 Å². The molecule has 0 aromatic heterocycles. The molecule has 0 spiro atoms. The largest absolute Gasteiger partial charge is 0.398 e. The van der Waals surface area contributed by atoms with Crippen molar-refractivity contribution in [1.29, 1.82) is 0 Å². The zero-order valence-electron chi connectivity index (χ0n) is 11.3. The first-order chi connectivity index (χ1) is 8.84. The number of ether oxygens (including phenoxy) is 1. The number of rotatable bonds is 3. The SMILES string of the molecule is C[C@H]1O[C@H]1C1[C@H](c2ccc(N)c(C(N)N)c2)C1(C)N. The minimum absolute atomic E-state index is 0.221. The Hall–Kier alpha value is -1.14. The number of anilines is 1. The summed E-state index contributed by atoms with van der Waals surface area (Å²) in [6.45, 7) is 4.16. The molecule has 2 unspecified atom stereocenters. The number of epoxide rings is 1. The summed E-state index contributed by atoms with van der Waals surface area (Å²) in [5, 5.41) is 0. The lowest BCUT2D eigenvalue weighted by Gasteiger charge is -2.12. The summed E-state index contributed by atoms with van der Waals surface area (Å²) in [5.74, 6) is 0.661. The predicted molar refractivity (Wildman–Crippen MR) is 75.1 cm³/mol. The van der Waals surface area contributed by atoms with Crippen LogP contribution in [0.5, 0.6) is 0 Å². The molecule has 0 radical (unpaired) electrons. The molecule has 2 aliphatic rings. The van der Waals surface area contributed by atoms with E-state index in [0.717, 1.165) is 11.1 Å². The molecule has 19 heavy (non-hydrogen) atoms. The number of hydrogen-bond donors (Lipinski definition) is 4. The third-order valence-electron chi connectivity index (χ3n) is 4.58. The summed E-state index contributed by atoms with van der Waals surface area (Å²) >= 11 is 0. The van der Waals surface area contributed by atoms with E-state index in [1.807, 2.05) is 18.2 Å². The quantitative estimate of drug-likeness (QED) is 0.357. The second-order valence-corrected chi connectivity index (χ2v) is 6.09. The molecule has 1 aliphatic heterocycles. The van der Waals surface area contributed by atoms with E-state index in [-0.39, 0.29) is 11.6 Å². The Kier molecular flexibility index (Phi) is 2.66. The van der Waals surface area contributed by atoms with Gasteiger partial charge in [-0.3, -0.25) is 0 Å². The molecule has 2 fully saturated rings. The highest BCUT2D eigenvalue weighted by Crippen LogP contribution is 2.61. The van der Waals surface area contributed by atoms with E-state index in [4.69, 9.17) is 27.7 Å². The van der Waals surface area contributed by atoms with E-state index in [1.54, 1.807) is 0 Å². The summed E-state index contributed by atoms with van der Waals surface area (Å²) in [4.78, 5) is 0. The van der Waals surface area contributed by atoms with Crippen molar-refractivity contribution in [2.24, 2.45) is 23.1 Å². The molecule has 0 amide bonds. The average molecular weight is 262 g/mol. The second kappa shape index (κ2) is 3.93. The molecule has 5 atom stereocenters. The van der Waals surface area contributed by atoms with Crippen molar-refractivity contribution in [3.8, 4) is 0 Å². The van der Waals surface area contributed by atoms with Crippen molar-refractivity contribution in [3.05, 3.63) is 29.3 Å². The Labute approximate surface area is 113 Å². The molecule has 1 aromatic rings. The molecule has 1 saturated heterocycles. The number of hydrogen-bond acceptors (Lipinski definition) is 5. The summed E-state index contributed by atoms with van der Waals surface area (Å²) < 4.78 is 5.58. The zero-order valence-corrected chi connectivity index (χ0v) is 11.3. The molecule has 104 valence electrons. The lowest BCUT2D eigenvalue weighted by molar-refractivity contribution is 0.352. The molecule has 3 rings (SSSR count). The first kappa shape index (κ1) is 12.9. The minimum Gasteiger partial charge on any atom is -0.398 e. The summed E-state index contributed by atoms with van der Waals surface area (Å²) in [6.07, 6.45) is 0.0488. The van der Waals surface area contributed by atoms with E-state index in [1.165, 1.54) is 0 Å². The van der Waals surface area contributed by atoms with E-state index >= 15 is 0 Å². The van der Waals surface area contributed by atoms with Crippen molar-refractivity contribution in [2.75, 3.05) is 5.73 Å². The zero-order chi connectivity index (χ0) is 13.9. The van der Waals surface area contributed by atoms with Gasteiger partial charge in [-0.25, -0.2) is 0 Å². The van der Waals surface area contributed by atoms with Gasteiger partial charge in [-0.2, -0.15) is 0 Å². The molecule has 0 bridgehead atoms. The maximum absolute atomic E-state index is 6.38. The third kappa shape index (κ3) is 1.94. The highest BCUT2D eigenvalue weighted by Gasteiger charge is 2.67. The lowest BCUT2D eigenvalue weighted by Crippen LogP contribution is -2.24. The highest BCUT2D eigenvalue weighted by molar-refractivity contribution is 5.53. The monoisotopic (exact) mass is 262 g/mol. The van der Waals surface area contributed by atoms with Crippen LogP contribution >= 0.6 is 0 Å². The van der Waals surface area contributed by atoms with Crippen LogP contribution in [0.25, 0.3) is 0 Å². The Morgan fingerprint density at radius 2 is 1.95 bits per heavy atom. The van der Waals surface area contributed by atoms with Crippen LogP contribution in [-0.2, 0) is 4.74 Å². The number of nitrogen functional groups attached to an aromatic ring is 1.